The van der Waals surface area contributed by atoms with Gasteiger partial charge in [-0.15, -0.1) is 0 Å². The van der Waals surface area contributed by atoms with Crippen molar-refractivity contribution >= 4 is 5.97 Å². The standard InChI is InChI=1S/C24H34O4/c1-22-10-7-17(25)13-16(22)4-5-20-19(22)8-11-23(2)18-9-12-24(20,23)28-14-15(18)3-6-21(26)27/h3,6,14,16-20,25H,4-5,7-13H2,1-2H3,(H,26,27)/t16-,17+,18-,19+,20-,22+,23-,24+/m1/s1. The van der Waals surface area contributed by atoms with E-state index in [9.17, 15) is 9.90 Å². The molecule has 5 rings (SSSR count). The second-order valence-electron chi connectivity index (χ2n) is 10.8. The summed E-state index contributed by atoms with van der Waals surface area (Å²) in [4.78, 5) is 11.0. The van der Waals surface area contributed by atoms with Crippen LogP contribution >= 0.6 is 0 Å². The van der Waals surface area contributed by atoms with E-state index in [1.165, 1.54) is 31.8 Å². The summed E-state index contributed by atoms with van der Waals surface area (Å²) >= 11 is 0. The SMILES string of the molecule is C[C@]12CC[C@H](O)C[C@H]1CC[C@@H]1[C@@H]2CC[C@]2(C)[C@@H]3CC[C@]12OC=C3C=CC(=O)O. The number of ether oxygens (including phenoxy) is 1. The van der Waals surface area contributed by atoms with Gasteiger partial charge in [-0.25, -0.2) is 4.79 Å². The van der Waals surface area contributed by atoms with Gasteiger partial charge in [0.1, 0.15) is 5.60 Å². The van der Waals surface area contributed by atoms with Crippen molar-refractivity contribution in [2.75, 3.05) is 0 Å². The van der Waals surface area contributed by atoms with Crippen LogP contribution in [0.4, 0.5) is 0 Å². The van der Waals surface area contributed by atoms with Crippen LogP contribution in [0.1, 0.15) is 71.6 Å². The molecular weight excluding hydrogens is 352 g/mol. The van der Waals surface area contributed by atoms with Gasteiger partial charge in [0.2, 0.25) is 0 Å². The van der Waals surface area contributed by atoms with Crippen LogP contribution in [-0.4, -0.2) is 27.9 Å². The molecule has 8 atom stereocenters. The van der Waals surface area contributed by atoms with E-state index in [4.69, 9.17) is 9.84 Å². The summed E-state index contributed by atoms with van der Waals surface area (Å²) in [5.41, 5.74) is 1.44. The first-order chi connectivity index (χ1) is 13.3. The minimum Gasteiger partial charge on any atom is -0.494 e. The number of hydrogen-bond donors (Lipinski definition) is 2. The molecule has 2 N–H and O–H groups in total. The molecule has 0 aromatic carbocycles. The quantitative estimate of drug-likeness (QED) is 0.676. The zero-order valence-electron chi connectivity index (χ0n) is 17.2. The maximum Gasteiger partial charge on any atom is 0.328 e. The smallest absolute Gasteiger partial charge is 0.328 e. The Balaban J connectivity index is 1.49. The van der Waals surface area contributed by atoms with E-state index in [-0.39, 0.29) is 17.1 Å². The lowest BCUT2D eigenvalue weighted by Gasteiger charge is -2.65. The van der Waals surface area contributed by atoms with Crippen LogP contribution in [0.15, 0.2) is 24.0 Å². The van der Waals surface area contributed by atoms with Gasteiger partial charge in [0.05, 0.1) is 12.4 Å². The summed E-state index contributed by atoms with van der Waals surface area (Å²) in [6.45, 7) is 4.92. The van der Waals surface area contributed by atoms with Crippen LogP contribution in [0, 0.1) is 34.5 Å². The van der Waals surface area contributed by atoms with Crippen LogP contribution < -0.4 is 0 Å². The van der Waals surface area contributed by atoms with Crippen molar-refractivity contribution in [3.05, 3.63) is 24.0 Å². The Labute approximate surface area is 168 Å². The minimum absolute atomic E-state index is 0.0782. The van der Waals surface area contributed by atoms with Crippen LogP contribution in [-0.2, 0) is 9.53 Å². The fourth-order valence-electron chi connectivity index (χ4n) is 8.57. The van der Waals surface area contributed by atoms with Crippen molar-refractivity contribution in [2.24, 2.45) is 34.5 Å². The van der Waals surface area contributed by atoms with Crippen LogP contribution in [0.2, 0.25) is 0 Å². The summed E-state index contributed by atoms with van der Waals surface area (Å²) in [5, 5.41) is 19.3. The van der Waals surface area contributed by atoms with E-state index in [1.54, 1.807) is 6.08 Å². The Morgan fingerprint density at radius 3 is 2.71 bits per heavy atom. The molecule has 1 heterocycles. The van der Waals surface area contributed by atoms with Gasteiger partial charge in [-0.1, -0.05) is 13.8 Å². The predicted octanol–water partition coefficient (Wildman–Crippen LogP) is 4.68. The van der Waals surface area contributed by atoms with Crippen LogP contribution in [0.3, 0.4) is 0 Å². The van der Waals surface area contributed by atoms with E-state index in [1.807, 2.05) is 6.26 Å². The van der Waals surface area contributed by atoms with E-state index in [0.717, 1.165) is 37.7 Å². The third-order valence-corrected chi connectivity index (χ3v) is 10.0. The fraction of sp³-hybridized carbons (Fsp3) is 0.792. The monoisotopic (exact) mass is 386 g/mol. The molecule has 1 aliphatic heterocycles. The molecule has 0 radical (unpaired) electrons. The van der Waals surface area contributed by atoms with E-state index in [2.05, 4.69) is 13.8 Å². The highest BCUT2D eigenvalue weighted by Crippen LogP contribution is 2.72. The molecule has 28 heavy (non-hydrogen) atoms. The molecule has 4 fully saturated rings. The lowest BCUT2D eigenvalue weighted by Crippen LogP contribution is -2.63. The van der Waals surface area contributed by atoms with Gasteiger partial charge in [-0.3, -0.25) is 0 Å². The highest BCUT2D eigenvalue weighted by atomic mass is 16.5. The first-order valence-corrected chi connectivity index (χ1v) is 11.3. The molecular formula is C24H34O4. The van der Waals surface area contributed by atoms with Crippen molar-refractivity contribution < 1.29 is 19.7 Å². The Morgan fingerprint density at radius 1 is 1.11 bits per heavy atom. The van der Waals surface area contributed by atoms with Crippen molar-refractivity contribution in [2.45, 2.75) is 83.3 Å². The largest absolute Gasteiger partial charge is 0.494 e. The fourth-order valence-corrected chi connectivity index (χ4v) is 8.57. The summed E-state index contributed by atoms with van der Waals surface area (Å²) in [5.74, 6) is 1.46. The molecule has 2 bridgehead atoms. The summed E-state index contributed by atoms with van der Waals surface area (Å²) in [6.07, 6.45) is 15.0. The Morgan fingerprint density at radius 2 is 1.93 bits per heavy atom. The molecule has 4 saturated carbocycles. The molecule has 4 heteroatoms. The molecule has 5 aliphatic rings. The third kappa shape index (κ3) is 2.30. The summed E-state index contributed by atoms with van der Waals surface area (Å²) in [7, 11) is 0. The number of aliphatic carboxylic acids is 1. The Bertz CT molecular complexity index is 741. The molecule has 4 aliphatic carbocycles. The molecule has 0 aromatic heterocycles. The van der Waals surface area contributed by atoms with Crippen LogP contribution in [0.5, 0.6) is 0 Å². The van der Waals surface area contributed by atoms with E-state index >= 15 is 0 Å². The second-order valence-corrected chi connectivity index (χ2v) is 10.8. The number of fused-ring (bicyclic) bond motifs is 3. The van der Waals surface area contributed by atoms with Gasteiger partial charge in [0.25, 0.3) is 0 Å². The predicted molar refractivity (Wildman–Crippen MR) is 106 cm³/mol. The van der Waals surface area contributed by atoms with Gasteiger partial charge in [0, 0.05) is 17.4 Å². The molecule has 0 saturated heterocycles. The highest BCUT2D eigenvalue weighted by molar-refractivity contribution is 5.80. The lowest BCUT2D eigenvalue weighted by atomic mass is 9.43. The summed E-state index contributed by atoms with van der Waals surface area (Å²) < 4.78 is 6.67. The Hall–Kier alpha value is -1.29. The molecule has 0 amide bonds. The van der Waals surface area contributed by atoms with Crippen molar-refractivity contribution in [1.29, 1.82) is 0 Å². The topological polar surface area (TPSA) is 66.8 Å². The number of aliphatic hydroxyl groups excluding tert-OH is 1. The van der Waals surface area contributed by atoms with Crippen LogP contribution in [0.25, 0.3) is 0 Å². The third-order valence-electron chi connectivity index (χ3n) is 10.0. The molecule has 154 valence electrons. The number of allylic oxidation sites excluding steroid dienone is 2. The van der Waals surface area contributed by atoms with E-state index in [0.29, 0.717) is 29.1 Å². The zero-order chi connectivity index (χ0) is 19.7. The molecule has 0 aromatic rings. The Kier molecular flexibility index (Phi) is 4.08. The maximum atomic E-state index is 11.0. The number of carboxylic acid groups (broad SMARTS) is 1. The van der Waals surface area contributed by atoms with Gasteiger partial charge >= 0.3 is 5.97 Å². The van der Waals surface area contributed by atoms with Crippen molar-refractivity contribution in [3.63, 3.8) is 0 Å². The van der Waals surface area contributed by atoms with Crippen molar-refractivity contribution in [3.8, 4) is 0 Å². The number of carbonyl (C=O) groups is 1. The molecule has 0 spiro atoms. The van der Waals surface area contributed by atoms with E-state index < -0.39 is 5.97 Å². The molecule has 4 nitrogen and oxygen atoms in total. The number of rotatable bonds is 2. The van der Waals surface area contributed by atoms with Gasteiger partial charge in [-0.2, -0.15) is 0 Å². The number of aliphatic hydroxyl groups is 1. The second kappa shape index (κ2) is 6.10. The first-order valence-electron chi connectivity index (χ1n) is 11.3. The average Bonchev–Trinajstić information content (AvgIpc) is 2.82. The minimum atomic E-state index is -0.893. The maximum absolute atomic E-state index is 11.0. The van der Waals surface area contributed by atoms with Gasteiger partial charge in [-0.05, 0) is 92.6 Å². The van der Waals surface area contributed by atoms with Gasteiger partial charge < -0.3 is 14.9 Å². The normalized spacial score (nSPS) is 52.2. The van der Waals surface area contributed by atoms with Crippen molar-refractivity contribution in [1.82, 2.24) is 0 Å². The van der Waals surface area contributed by atoms with Gasteiger partial charge in [0.15, 0.2) is 0 Å². The number of carboxylic acids is 1. The zero-order valence-corrected chi connectivity index (χ0v) is 17.2. The first kappa shape index (κ1) is 18.7. The highest BCUT2D eigenvalue weighted by Gasteiger charge is 2.70. The molecule has 0 unspecified atom stereocenters. The summed E-state index contributed by atoms with van der Waals surface area (Å²) in [6, 6.07) is 0. The average molecular weight is 387 g/mol. The number of hydrogen-bond acceptors (Lipinski definition) is 3. The lowest BCUT2D eigenvalue weighted by molar-refractivity contribution is -0.217.